The summed E-state index contributed by atoms with van der Waals surface area (Å²) < 4.78 is 27.6. The number of nitro groups is 1. The molecule has 1 aromatic heterocycles. The van der Waals surface area contributed by atoms with Gasteiger partial charge in [0.2, 0.25) is 21.4 Å². The average Bonchev–Trinajstić information content (AvgIpc) is 3.59. The number of carbonyl (C=O) groups is 3. The first-order valence-corrected chi connectivity index (χ1v) is 16.7. The molecule has 46 heavy (non-hydrogen) atoms. The molecule has 6 rings (SSSR count). The number of anilines is 2. The van der Waals surface area contributed by atoms with E-state index in [9.17, 15) is 32.9 Å². The second kappa shape index (κ2) is 12.6. The fourth-order valence-electron chi connectivity index (χ4n) is 4.67. The molecule has 0 atom stereocenters. The predicted molar refractivity (Wildman–Crippen MR) is 175 cm³/mol. The van der Waals surface area contributed by atoms with Crippen LogP contribution in [0.25, 0.3) is 0 Å². The zero-order chi connectivity index (χ0) is 32.4. The van der Waals surface area contributed by atoms with Crippen molar-refractivity contribution in [2.75, 3.05) is 10.6 Å². The topological polar surface area (TPSA) is 153 Å². The monoisotopic (exact) mass is 667 g/mol. The number of nitro benzene ring substituents is 1. The molecular formula is C33H21N3O7S3. The van der Waals surface area contributed by atoms with Crippen molar-refractivity contribution >= 4 is 67.5 Å². The summed E-state index contributed by atoms with van der Waals surface area (Å²) in [5, 5.41) is 18.5. The van der Waals surface area contributed by atoms with Crippen LogP contribution in [0, 0.1) is 10.1 Å². The molecule has 13 heteroatoms. The number of carbonyl (C=O) groups excluding carboxylic acids is 3. The van der Waals surface area contributed by atoms with Crippen LogP contribution in [0.2, 0.25) is 0 Å². The minimum Gasteiger partial charge on any atom is -0.351 e. The van der Waals surface area contributed by atoms with Crippen molar-refractivity contribution in [3.8, 4) is 0 Å². The van der Waals surface area contributed by atoms with E-state index in [-0.39, 0.29) is 48.8 Å². The molecule has 0 spiro atoms. The van der Waals surface area contributed by atoms with Gasteiger partial charge in [0.25, 0.3) is 11.6 Å². The van der Waals surface area contributed by atoms with Crippen molar-refractivity contribution in [1.29, 1.82) is 0 Å². The number of hydrogen-bond donors (Lipinski definition) is 2. The average molecular weight is 668 g/mol. The lowest BCUT2D eigenvalue weighted by atomic mass is 9.92. The minimum absolute atomic E-state index is 0.00927. The van der Waals surface area contributed by atoms with E-state index in [1.807, 2.05) is 17.5 Å². The number of sulfone groups is 1. The molecule has 2 N–H and O–H groups in total. The number of benzene rings is 4. The smallest absolute Gasteiger partial charge is 0.270 e. The fraction of sp³-hybridized carbons (Fsp3) is 0. The van der Waals surface area contributed by atoms with Gasteiger partial charge in [0.1, 0.15) is 5.70 Å². The number of nitrogens with one attached hydrogen (secondary N) is 2. The molecule has 0 unspecified atom stereocenters. The van der Waals surface area contributed by atoms with Gasteiger partial charge in [0.05, 0.1) is 23.8 Å². The molecule has 0 saturated carbocycles. The van der Waals surface area contributed by atoms with Gasteiger partial charge in [-0.2, -0.15) is 0 Å². The van der Waals surface area contributed by atoms with Crippen molar-refractivity contribution in [3.63, 3.8) is 0 Å². The number of rotatable bonds is 9. The molecule has 228 valence electrons. The largest absolute Gasteiger partial charge is 0.351 e. The molecule has 0 saturated heterocycles. The van der Waals surface area contributed by atoms with Crippen LogP contribution in [0.4, 0.5) is 17.1 Å². The highest BCUT2D eigenvalue weighted by atomic mass is 32.2. The summed E-state index contributed by atoms with van der Waals surface area (Å²) in [6.45, 7) is 0. The number of ketones is 2. The first kappa shape index (κ1) is 30.6. The Hall–Kier alpha value is -5.37. The summed E-state index contributed by atoms with van der Waals surface area (Å²) in [6.07, 6.45) is 0. The lowest BCUT2D eigenvalue weighted by Gasteiger charge is -2.21. The molecule has 1 amide bonds. The zero-order valence-corrected chi connectivity index (χ0v) is 25.9. The predicted octanol–water partition coefficient (Wildman–Crippen LogP) is 7.24. The van der Waals surface area contributed by atoms with Gasteiger partial charge in [0.15, 0.2) is 0 Å². The minimum atomic E-state index is -3.96. The maximum Gasteiger partial charge on any atom is 0.270 e. The van der Waals surface area contributed by atoms with Crippen molar-refractivity contribution in [2.24, 2.45) is 0 Å². The fourth-order valence-corrected chi connectivity index (χ4v) is 7.78. The number of nitrogens with zero attached hydrogens (tertiary/aromatic N) is 1. The van der Waals surface area contributed by atoms with Crippen molar-refractivity contribution < 1.29 is 27.7 Å². The Bertz CT molecular complexity index is 2160. The van der Waals surface area contributed by atoms with Crippen LogP contribution in [-0.2, 0) is 9.84 Å². The summed E-state index contributed by atoms with van der Waals surface area (Å²) in [5.41, 5.74) is 1.29. The van der Waals surface area contributed by atoms with Crippen LogP contribution in [0.1, 0.15) is 31.1 Å². The summed E-state index contributed by atoms with van der Waals surface area (Å²) >= 11 is 2.64. The summed E-state index contributed by atoms with van der Waals surface area (Å²) in [6, 6.07) is 26.9. The van der Waals surface area contributed by atoms with Crippen molar-refractivity contribution in [2.45, 2.75) is 14.0 Å². The van der Waals surface area contributed by atoms with Gasteiger partial charge in [-0.1, -0.05) is 48.2 Å². The second-order valence-electron chi connectivity index (χ2n) is 9.88. The number of allylic oxidation sites excluding steroid dienone is 2. The van der Waals surface area contributed by atoms with Crippen LogP contribution in [-0.4, -0.2) is 30.8 Å². The molecule has 1 heterocycles. The SMILES string of the molecule is O=C(Nc1ccc(S(=O)(=O)c2ccc(NC3=C(Sc4cccs4)C(=O)c4ccccc4C3=O)cc2)cc1)c1cccc([N+](=O)[O-])c1. The van der Waals surface area contributed by atoms with Crippen LogP contribution in [0.5, 0.6) is 0 Å². The highest BCUT2D eigenvalue weighted by Crippen LogP contribution is 2.39. The van der Waals surface area contributed by atoms with Crippen LogP contribution in [0.15, 0.2) is 139 Å². The molecule has 1 aliphatic carbocycles. The van der Waals surface area contributed by atoms with E-state index < -0.39 is 20.7 Å². The number of thioether (sulfide) groups is 1. The number of thiophene rings is 1. The van der Waals surface area contributed by atoms with Gasteiger partial charge in [0, 0.05) is 40.2 Å². The highest BCUT2D eigenvalue weighted by Gasteiger charge is 2.33. The van der Waals surface area contributed by atoms with E-state index in [4.69, 9.17) is 0 Å². The molecule has 5 aromatic rings. The normalized spacial score (nSPS) is 12.9. The zero-order valence-electron chi connectivity index (χ0n) is 23.5. The Morgan fingerprint density at radius 1 is 0.761 bits per heavy atom. The maximum absolute atomic E-state index is 13.5. The molecule has 1 aliphatic rings. The van der Waals surface area contributed by atoms with Crippen molar-refractivity contribution in [1.82, 2.24) is 0 Å². The first-order valence-electron chi connectivity index (χ1n) is 13.5. The van der Waals surface area contributed by atoms with Gasteiger partial charge in [-0.05, 0) is 66.0 Å². The molecule has 0 fully saturated rings. The van der Waals surface area contributed by atoms with Gasteiger partial charge in [-0.25, -0.2) is 8.42 Å². The maximum atomic E-state index is 13.5. The number of non-ortho nitro benzene ring substituents is 1. The van der Waals surface area contributed by atoms with Crippen LogP contribution >= 0.6 is 23.1 Å². The highest BCUT2D eigenvalue weighted by molar-refractivity contribution is 8.05. The van der Waals surface area contributed by atoms with Gasteiger partial charge >= 0.3 is 0 Å². The molecule has 0 aliphatic heterocycles. The van der Waals surface area contributed by atoms with Crippen LogP contribution < -0.4 is 10.6 Å². The Kier molecular flexibility index (Phi) is 8.37. The van der Waals surface area contributed by atoms with E-state index >= 15 is 0 Å². The first-order chi connectivity index (χ1) is 22.1. The summed E-state index contributed by atoms with van der Waals surface area (Å²) in [7, 11) is -3.96. The molecule has 4 aromatic carbocycles. The van der Waals surface area contributed by atoms with Gasteiger partial charge in [-0.15, -0.1) is 11.3 Å². The lowest BCUT2D eigenvalue weighted by Crippen LogP contribution is -2.25. The quantitative estimate of drug-likeness (QED) is 0.122. The van der Waals surface area contributed by atoms with E-state index in [0.29, 0.717) is 16.9 Å². The number of hydrogen-bond acceptors (Lipinski definition) is 10. The third-order valence-corrected chi connectivity index (χ3v) is 10.9. The van der Waals surface area contributed by atoms with Crippen LogP contribution in [0.3, 0.4) is 0 Å². The van der Waals surface area contributed by atoms with Crippen molar-refractivity contribution in [3.05, 3.63) is 152 Å². The van der Waals surface area contributed by atoms with Gasteiger partial charge in [-0.3, -0.25) is 24.5 Å². The third kappa shape index (κ3) is 6.11. The Balaban J connectivity index is 1.21. The number of amides is 1. The Labute approximate surface area is 270 Å². The summed E-state index contributed by atoms with van der Waals surface area (Å²) in [4.78, 5) is 50.1. The van der Waals surface area contributed by atoms with E-state index in [1.165, 1.54) is 89.8 Å². The Morgan fingerprint density at radius 3 is 2.00 bits per heavy atom. The second-order valence-corrected chi connectivity index (χ2v) is 14.1. The standard InChI is InChI=1S/C33H21N3O7S3/c37-30-26-7-1-2-8-27(26)31(38)32(45-28-9-4-18-44-28)29(30)34-21-10-14-24(15-11-21)46(42,43)25-16-12-22(13-17-25)35-33(39)20-5-3-6-23(19-20)36(40)41/h1-19,34H,(H,35,39). The number of Topliss-reactive ketones (excluding diaryl/α,β-unsaturated/α-hetero) is 2. The third-order valence-electron chi connectivity index (χ3n) is 6.95. The molecule has 0 bridgehead atoms. The molecule has 10 nitrogen and oxygen atoms in total. The lowest BCUT2D eigenvalue weighted by molar-refractivity contribution is -0.384. The Morgan fingerprint density at radius 2 is 1.39 bits per heavy atom. The number of fused-ring (bicyclic) bond motifs is 1. The molecule has 0 radical (unpaired) electrons. The van der Waals surface area contributed by atoms with Gasteiger partial charge < -0.3 is 10.6 Å². The molecular weight excluding hydrogens is 647 g/mol. The van der Waals surface area contributed by atoms with E-state index in [0.717, 1.165) is 10.3 Å². The summed E-state index contributed by atoms with van der Waals surface area (Å²) in [5.74, 6) is -1.21. The van der Waals surface area contributed by atoms with E-state index in [2.05, 4.69) is 10.6 Å². The van der Waals surface area contributed by atoms with E-state index in [1.54, 1.807) is 24.3 Å².